The number of aliphatic hydroxyl groups is 1. The van der Waals surface area contributed by atoms with Gasteiger partial charge in [-0.25, -0.2) is 4.39 Å². The molecule has 1 aromatic heterocycles. The van der Waals surface area contributed by atoms with E-state index in [1.54, 1.807) is 12.3 Å². The molecule has 5 rings (SSSR count). The van der Waals surface area contributed by atoms with Gasteiger partial charge >= 0.3 is 0 Å². The summed E-state index contributed by atoms with van der Waals surface area (Å²) in [6.45, 7) is 2.63. The summed E-state index contributed by atoms with van der Waals surface area (Å²) in [6, 6.07) is 4.40. The summed E-state index contributed by atoms with van der Waals surface area (Å²) in [5.41, 5.74) is 0.492. The number of nitrogens with zero attached hydrogens (tertiary/aromatic N) is 2. The van der Waals surface area contributed by atoms with Gasteiger partial charge in [0.05, 0.1) is 12.1 Å². The highest BCUT2D eigenvalue weighted by Crippen LogP contribution is 2.44. The van der Waals surface area contributed by atoms with Gasteiger partial charge in [0.1, 0.15) is 5.82 Å². The summed E-state index contributed by atoms with van der Waals surface area (Å²) < 4.78 is 13.6. The quantitative estimate of drug-likeness (QED) is 0.697. The number of piperidine rings is 1. The van der Waals surface area contributed by atoms with Crippen LogP contribution in [0.1, 0.15) is 61.7 Å². The molecule has 0 bridgehead atoms. The van der Waals surface area contributed by atoms with E-state index in [1.807, 2.05) is 9.80 Å². The van der Waals surface area contributed by atoms with Crippen molar-refractivity contribution in [2.24, 2.45) is 5.41 Å². The summed E-state index contributed by atoms with van der Waals surface area (Å²) in [4.78, 5) is 32.5. The third-order valence-corrected chi connectivity index (χ3v) is 7.90. The minimum absolute atomic E-state index is 0.0544. The van der Waals surface area contributed by atoms with Crippen molar-refractivity contribution in [2.45, 2.75) is 57.0 Å². The fourth-order valence-electron chi connectivity index (χ4n) is 6.01. The summed E-state index contributed by atoms with van der Waals surface area (Å²) in [6.07, 6.45) is 9.29. The number of carbonyl (C=O) groups excluding carboxylic acids is 2. The van der Waals surface area contributed by atoms with Crippen molar-refractivity contribution in [2.75, 3.05) is 32.7 Å². The summed E-state index contributed by atoms with van der Waals surface area (Å²) >= 11 is 0. The molecule has 3 heterocycles. The molecule has 2 saturated heterocycles. The van der Waals surface area contributed by atoms with E-state index in [0.29, 0.717) is 49.8 Å². The standard InChI is InChI=1S/C25H32FN3O3/c26-18-4-5-21-19(12-18)20(14-27-21)22(30)15-28-10-8-25(32,9-11-28)17-29-16-24(13-23(29)31)6-2-1-3-7-24/h4-5,12,14,27,32H,1-3,6-11,13,15-17H2. The average molecular weight is 442 g/mol. The van der Waals surface area contributed by atoms with Gasteiger partial charge in [0.15, 0.2) is 5.78 Å². The molecular weight excluding hydrogens is 409 g/mol. The van der Waals surface area contributed by atoms with E-state index in [4.69, 9.17) is 0 Å². The number of fused-ring (bicyclic) bond motifs is 1. The molecule has 2 N–H and O–H groups in total. The fraction of sp³-hybridized carbons (Fsp3) is 0.600. The van der Waals surface area contributed by atoms with Gasteiger partial charge in [0.25, 0.3) is 0 Å². The summed E-state index contributed by atoms with van der Waals surface area (Å²) in [5, 5.41) is 11.8. The number of rotatable bonds is 5. The van der Waals surface area contributed by atoms with Crippen LogP contribution in [-0.2, 0) is 4.79 Å². The first-order valence-electron chi connectivity index (χ1n) is 11.9. The van der Waals surface area contributed by atoms with Gasteiger partial charge in [-0.15, -0.1) is 0 Å². The topological polar surface area (TPSA) is 76.6 Å². The molecule has 1 aromatic carbocycles. The molecule has 172 valence electrons. The number of aromatic amines is 1. The van der Waals surface area contributed by atoms with Crippen LogP contribution in [0.4, 0.5) is 4.39 Å². The van der Waals surface area contributed by atoms with E-state index in [9.17, 15) is 19.1 Å². The molecule has 7 heteroatoms. The Balaban J connectivity index is 1.17. The van der Waals surface area contributed by atoms with Gasteiger partial charge in [-0.3, -0.25) is 14.5 Å². The van der Waals surface area contributed by atoms with Crippen molar-refractivity contribution in [3.63, 3.8) is 0 Å². The second kappa shape index (κ2) is 8.27. The Bertz CT molecular complexity index is 1020. The van der Waals surface area contributed by atoms with Gasteiger partial charge in [-0.1, -0.05) is 19.3 Å². The fourth-order valence-corrected chi connectivity index (χ4v) is 6.01. The van der Waals surface area contributed by atoms with E-state index in [0.717, 1.165) is 24.9 Å². The average Bonchev–Trinajstić information content (AvgIpc) is 3.31. The molecule has 0 unspecified atom stereocenters. The SMILES string of the molecule is O=C(CN1CCC(O)(CN2CC3(CCCCC3)CC2=O)CC1)c1c[nH]c2ccc(F)cc12. The maximum absolute atomic E-state index is 13.6. The van der Waals surface area contributed by atoms with Crippen LogP contribution in [0.25, 0.3) is 10.9 Å². The second-order valence-corrected chi connectivity index (χ2v) is 10.3. The number of benzene rings is 1. The van der Waals surface area contributed by atoms with Gasteiger partial charge in [0.2, 0.25) is 5.91 Å². The predicted octanol–water partition coefficient (Wildman–Crippen LogP) is 3.50. The Morgan fingerprint density at radius 2 is 1.88 bits per heavy atom. The van der Waals surface area contributed by atoms with Crippen molar-refractivity contribution in [1.29, 1.82) is 0 Å². The van der Waals surface area contributed by atoms with Crippen molar-refractivity contribution in [3.8, 4) is 0 Å². The molecule has 2 aliphatic heterocycles. The number of aromatic nitrogens is 1. The molecule has 1 aliphatic carbocycles. The number of Topliss-reactive ketones (excluding diaryl/α,β-unsaturated/α-hetero) is 1. The highest BCUT2D eigenvalue weighted by Gasteiger charge is 2.46. The smallest absolute Gasteiger partial charge is 0.223 e. The number of H-pyrrole nitrogens is 1. The van der Waals surface area contributed by atoms with Gasteiger partial charge in [-0.2, -0.15) is 0 Å². The number of nitrogens with one attached hydrogen (secondary N) is 1. The third-order valence-electron chi connectivity index (χ3n) is 7.90. The Labute approximate surface area is 187 Å². The lowest BCUT2D eigenvalue weighted by molar-refractivity contribution is -0.132. The largest absolute Gasteiger partial charge is 0.388 e. The van der Waals surface area contributed by atoms with E-state index < -0.39 is 5.60 Å². The van der Waals surface area contributed by atoms with Crippen molar-refractivity contribution in [1.82, 2.24) is 14.8 Å². The number of halogens is 1. The van der Waals surface area contributed by atoms with Crippen LogP contribution in [0.2, 0.25) is 0 Å². The van der Waals surface area contributed by atoms with Gasteiger partial charge in [0, 0.05) is 55.3 Å². The van der Waals surface area contributed by atoms with Crippen LogP contribution >= 0.6 is 0 Å². The number of amides is 1. The van der Waals surface area contributed by atoms with Crippen molar-refractivity contribution < 1.29 is 19.1 Å². The minimum atomic E-state index is -0.890. The zero-order valence-electron chi connectivity index (χ0n) is 18.5. The first kappa shape index (κ1) is 21.6. The van der Waals surface area contributed by atoms with Crippen LogP contribution in [0, 0.1) is 11.2 Å². The molecule has 0 atom stereocenters. The van der Waals surface area contributed by atoms with Crippen LogP contribution in [0.3, 0.4) is 0 Å². The number of hydrogen-bond acceptors (Lipinski definition) is 4. The van der Waals surface area contributed by atoms with E-state index in [2.05, 4.69) is 4.98 Å². The Morgan fingerprint density at radius 3 is 2.62 bits per heavy atom. The molecule has 0 radical (unpaired) electrons. The lowest BCUT2D eigenvalue weighted by Crippen LogP contribution is -2.52. The molecule has 3 fully saturated rings. The van der Waals surface area contributed by atoms with Crippen LogP contribution in [-0.4, -0.2) is 69.9 Å². The second-order valence-electron chi connectivity index (χ2n) is 10.3. The Kier molecular flexibility index (Phi) is 5.58. The Morgan fingerprint density at radius 1 is 1.12 bits per heavy atom. The molecule has 32 heavy (non-hydrogen) atoms. The van der Waals surface area contributed by atoms with Crippen LogP contribution in [0.5, 0.6) is 0 Å². The lowest BCUT2D eigenvalue weighted by Gasteiger charge is -2.40. The first-order chi connectivity index (χ1) is 15.3. The van der Waals surface area contributed by atoms with Crippen LogP contribution < -0.4 is 0 Å². The zero-order valence-corrected chi connectivity index (χ0v) is 18.5. The normalized spacial score (nSPS) is 23.3. The summed E-state index contributed by atoms with van der Waals surface area (Å²) in [5.74, 6) is -0.230. The van der Waals surface area contributed by atoms with Crippen molar-refractivity contribution >= 4 is 22.6 Å². The first-order valence-corrected chi connectivity index (χ1v) is 11.9. The van der Waals surface area contributed by atoms with Gasteiger partial charge in [-0.05, 0) is 49.3 Å². The molecule has 3 aliphatic rings. The van der Waals surface area contributed by atoms with E-state index >= 15 is 0 Å². The molecule has 1 amide bonds. The minimum Gasteiger partial charge on any atom is -0.388 e. The number of β-amino-alcohol motifs (C(OH)–C–C–N with tert-alkyl or cyclic N) is 1. The number of carbonyl (C=O) groups is 2. The molecule has 2 aromatic rings. The van der Waals surface area contributed by atoms with E-state index in [1.165, 1.54) is 31.4 Å². The number of hydrogen-bond donors (Lipinski definition) is 2. The number of likely N-dealkylation sites (tertiary alicyclic amines) is 2. The molecule has 6 nitrogen and oxygen atoms in total. The monoisotopic (exact) mass is 441 g/mol. The predicted molar refractivity (Wildman–Crippen MR) is 120 cm³/mol. The van der Waals surface area contributed by atoms with Crippen LogP contribution in [0.15, 0.2) is 24.4 Å². The lowest BCUT2D eigenvalue weighted by atomic mass is 9.73. The molecular formula is C25H32FN3O3. The molecule has 1 spiro atoms. The highest BCUT2D eigenvalue weighted by molar-refractivity contribution is 6.08. The molecule has 1 saturated carbocycles. The maximum Gasteiger partial charge on any atom is 0.223 e. The summed E-state index contributed by atoms with van der Waals surface area (Å²) in [7, 11) is 0. The van der Waals surface area contributed by atoms with Crippen molar-refractivity contribution in [3.05, 3.63) is 35.8 Å². The number of ketones is 1. The van der Waals surface area contributed by atoms with Gasteiger partial charge < -0.3 is 15.0 Å². The third kappa shape index (κ3) is 4.20. The zero-order chi connectivity index (χ0) is 22.3. The maximum atomic E-state index is 13.6. The van der Waals surface area contributed by atoms with E-state index in [-0.39, 0.29) is 29.5 Å². The highest BCUT2D eigenvalue weighted by atomic mass is 19.1. The Hall–Kier alpha value is -2.25.